The van der Waals surface area contributed by atoms with Gasteiger partial charge in [-0.15, -0.1) is 0 Å². The summed E-state index contributed by atoms with van der Waals surface area (Å²) < 4.78 is 0. The molecule has 3 heteroatoms. The summed E-state index contributed by atoms with van der Waals surface area (Å²) in [4.78, 5) is 5.41. The van der Waals surface area contributed by atoms with E-state index in [1.807, 2.05) is 0 Å². The second-order valence-electron chi connectivity index (χ2n) is 27.8. The van der Waals surface area contributed by atoms with Crippen LogP contribution in [0.3, 0.4) is 0 Å². The van der Waals surface area contributed by atoms with Crippen LogP contribution in [0.5, 0.6) is 0 Å². The van der Waals surface area contributed by atoms with E-state index >= 15 is 0 Å². The molecule has 0 spiro atoms. The molecule has 71 heavy (non-hydrogen) atoms. The smallest absolute Gasteiger partial charge is 0.333 e. The van der Waals surface area contributed by atoms with Crippen LogP contribution in [0, 0.1) is 0 Å². The first-order valence-electron chi connectivity index (χ1n) is 26.8. The van der Waals surface area contributed by atoms with E-state index in [2.05, 4.69) is 249 Å². The second kappa shape index (κ2) is 14.5. The second-order valence-corrected chi connectivity index (χ2v) is 27.8. The zero-order valence-corrected chi connectivity index (χ0v) is 45.9. The standard InChI is InChI=1S/C68H75BN2/c1-62(2,3)40-22-27-43(28-23-40)70-56-31-26-42(64(7,8)9)34-55(56)69-61-58(70)37-48-45-20-18-19-21-50(45)68(16,17)60(48)59(61)49-35-46-47-36-53-54(66(12,13)33-32-65(53,10)11)38-51(47)67(14,15)52(46)39-57(49)71(69)44-29-24-41(25-30-44)63(4,5)6/h18-31,34-39H,32-33H2,1-17H3. The van der Waals surface area contributed by atoms with E-state index in [-0.39, 0.29) is 44.8 Å². The molecule has 2 aliphatic heterocycles. The number of fused-ring (bicyclic) bond motifs is 12. The fraction of sp³-hybridized carbons (Fsp3) is 0.382. The molecule has 0 N–H and O–H groups in total. The van der Waals surface area contributed by atoms with Crippen LogP contribution < -0.4 is 20.6 Å². The van der Waals surface area contributed by atoms with Crippen LogP contribution in [0.2, 0.25) is 0 Å². The zero-order valence-electron chi connectivity index (χ0n) is 45.9. The van der Waals surface area contributed by atoms with E-state index < -0.39 is 0 Å². The summed E-state index contributed by atoms with van der Waals surface area (Å²) >= 11 is 0. The van der Waals surface area contributed by atoms with Gasteiger partial charge >= 0.3 is 6.85 Å². The Kier molecular flexibility index (Phi) is 9.42. The molecule has 12 rings (SSSR count). The fourth-order valence-electron chi connectivity index (χ4n) is 13.8. The van der Waals surface area contributed by atoms with Crippen molar-refractivity contribution in [3.63, 3.8) is 0 Å². The Balaban J connectivity index is 1.24. The molecule has 0 fully saturated rings. The van der Waals surface area contributed by atoms with Crippen LogP contribution in [0.25, 0.3) is 33.4 Å². The summed E-state index contributed by atoms with van der Waals surface area (Å²) in [7, 11) is 0. The van der Waals surface area contributed by atoms with Crippen LogP contribution in [0.1, 0.15) is 181 Å². The van der Waals surface area contributed by atoms with Gasteiger partial charge in [0.15, 0.2) is 0 Å². The lowest BCUT2D eigenvalue weighted by molar-refractivity contribution is 0.331. The number of benzene rings is 7. The summed E-state index contributed by atoms with van der Waals surface area (Å²) in [5.74, 6) is 0. The van der Waals surface area contributed by atoms with Gasteiger partial charge in [0.25, 0.3) is 0 Å². The highest BCUT2D eigenvalue weighted by Crippen LogP contribution is 2.61. The number of anilines is 5. The van der Waals surface area contributed by atoms with Crippen molar-refractivity contribution in [1.29, 1.82) is 0 Å². The van der Waals surface area contributed by atoms with E-state index in [4.69, 9.17) is 0 Å². The molecule has 0 amide bonds. The first-order chi connectivity index (χ1) is 33.1. The molecule has 0 atom stereocenters. The van der Waals surface area contributed by atoms with Crippen molar-refractivity contribution in [2.45, 2.75) is 168 Å². The highest BCUT2D eigenvalue weighted by molar-refractivity contribution is 6.93. The minimum Gasteiger partial charge on any atom is -0.376 e. The van der Waals surface area contributed by atoms with Gasteiger partial charge in [-0.25, -0.2) is 0 Å². The molecule has 7 aromatic rings. The van der Waals surface area contributed by atoms with Crippen molar-refractivity contribution in [2.75, 3.05) is 9.71 Å². The van der Waals surface area contributed by atoms with Crippen molar-refractivity contribution in [1.82, 2.24) is 0 Å². The molecular formula is C68H75BN2. The van der Waals surface area contributed by atoms with E-state index in [0.717, 1.165) is 0 Å². The number of hydrogen-bond donors (Lipinski definition) is 0. The van der Waals surface area contributed by atoms with Crippen molar-refractivity contribution >= 4 is 46.2 Å². The van der Waals surface area contributed by atoms with Crippen molar-refractivity contribution in [3.8, 4) is 33.4 Å². The third-order valence-electron chi connectivity index (χ3n) is 18.4. The maximum absolute atomic E-state index is 2.77. The van der Waals surface area contributed by atoms with Crippen LogP contribution in [-0.4, -0.2) is 6.85 Å². The van der Waals surface area contributed by atoms with Crippen LogP contribution in [0.4, 0.5) is 28.4 Å². The summed E-state index contributed by atoms with van der Waals surface area (Å²) in [6.45, 7) is 40.9. The predicted octanol–water partition coefficient (Wildman–Crippen LogP) is 17.2. The molecule has 0 saturated heterocycles. The molecule has 2 heterocycles. The van der Waals surface area contributed by atoms with Crippen LogP contribution in [0.15, 0.2) is 121 Å². The van der Waals surface area contributed by atoms with Gasteiger partial charge in [-0.05, 0) is 183 Å². The quantitative estimate of drug-likeness (QED) is 0.159. The molecule has 7 aromatic carbocycles. The van der Waals surface area contributed by atoms with Gasteiger partial charge in [0.05, 0.1) is 0 Å². The van der Waals surface area contributed by atoms with Gasteiger partial charge in [-0.3, -0.25) is 0 Å². The van der Waals surface area contributed by atoms with E-state index in [9.17, 15) is 0 Å². The van der Waals surface area contributed by atoms with Crippen LogP contribution >= 0.6 is 0 Å². The molecule has 5 aliphatic rings. The van der Waals surface area contributed by atoms with E-state index in [1.54, 1.807) is 5.56 Å². The van der Waals surface area contributed by atoms with Gasteiger partial charge in [-0.1, -0.05) is 184 Å². The Morgan fingerprint density at radius 3 is 1.55 bits per heavy atom. The largest absolute Gasteiger partial charge is 0.376 e. The van der Waals surface area contributed by atoms with Crippen molar-refractivity contribution < 1.29 is 0 Å². The fourth-order valence-corrected chi connectivity index (χ4v) is 13.8. The maximum atomic E-state index is 2.77. The molecule has 0 radical (unpaired) electrons. The first-order valence-corrected chi connectivity index (χ1v) is 26.8. The molecule has 0 bridgehead atoms. The highest BCUT2D eigenvalue weighted by atomic mass is 15.2. The lowest BCUT2D eigenvalue weighted by Gasteiger charge is -2.47. The summed E-state index contributed by atoms with van der Waals surface area (Å²) in [5, 5.41) is 0. The lowest BCUT2D eigenvalue weighted by atomic mass is 9.42. The monoisotopic (exact) mass is 931 g/mol. The first kappa shape index (κ1) is 46.3. The molecule has 2 nitrogen and oxygen atoms in total. The van der Waals surface area contributed by atoms with E-state index in [1.165, 1.54) is 130 Å². The normalized spacial score (nSPS) is 18.2. The molecule has 360 valence electrons. The molecule has 3 aliphatic carbocycles. The minimum atomic E-state index is -0.244. The number of hydrogen-bond acceptors (Lipinski definition) is 2. The van der Waals surface area contributed by atoms with Gasteiger partial charge in [0.2, 0.25) is 0 Å². The van der Waals surface area contributed by atoms with Gasteiger partial charge in [0, 0.05) is 44.8 Å². The van der Waals surface area contributed by atoms with Crippen molar-refractivity contribution in [2.24, 2.45) is 0 Å². The molecule has 0 aromatic heterocycles. The maximum Gasteiger partial charge on any atom is 0.333 e. The SMILES string of the molecule is CC(C)(C)c1ccc(N2B3c4cc(C(C)(C)C)ccc4N(c4ccc(C(C)(C)C)cc4)c4cc5c(c(c43)-c3cc4c(cc32)C(C)(C)c2cc3c(cc2-4)C(C)(C)CCC3(C)C)C(C)(C)c2ccccc2-5)cc1. The van der Waals surface area contributed by atoms with Gasteiger partial charge in [-0.2, -0.15) is 0 Å². The average molecular weight is 931 g/mol. The molecular weight excluding hydrogens is 856 g/mol. The Hall–Kier alpha value is -5.80. The summed E-state index contributed by atoms with van der Waals surface area (Å²) in [5.41, 5.74) is 30.0. The highest BCUT2D eigenvalue weighted by Gasteiger charge is 2.52. The topological polar surface area (TPSA) is 6.48 Å². The van der Waals surface area contributed by atoms with Crippen molar-refractivity contribution in [3.05, 3.63) is 171 Å². The molecule has 0 unspecified atom stereocenters. The van der Waals surface area contributed by atoms with Crippen LogP contribution in [-0.2, 0) is 37.9 Å². The summed E-state index contributed by atoms with van der Waals surface area (Å²) in [6, 6.07) is 49.1. The third-order valence-corrected chi connectivity index (χ3v) is 18.4. The van der Waals surface area contributed by atoms with Gasteiger partial charge in [0.1, 0.15) is 0 Å². The Morgan fingerprint density at radius 2 is 0.944 bits per heavy atom. The Labute approximate surface area is 427 Å². The van der Waals surface area contributed by atoms with Gasteiger partial charge < -0.3 is 9.71 Å². The molecule has 0 saturated carbocycles. The number of rotatable bonds is 2. The number of nitrogens with zero attached hydrogens (tertiary/aromatic N) is 2. The Bertz CT molecular complexity index is 3410. The third kappa shape index (κ3) is 6.52. The summed E-state index contributed by atoms with van der Waals surface area (Å²) in [6.07, 6.45) is 2.40. The predicted molar refractivity (Wildman–Crippen MR) is 307 cm³/mol. The zero-order chi connectivity index (χ0) is 50.5. The lowest BCUT2D eigenvalue weighted by Crippen LogP contribution is -2.62. The van der Waals surface area contributed by atoms with E-state index in [0.29, 0.717) is 0 Å². The Morgan fingerprint density at radius 1 is 0.408 bits per heavy atom. The average Bonchev–Trinajstić information content (AvgIpc) is 3.67. The minimum absolute atomic E-state index is 0.0280.